The van der Waals surface area contributed by atoms with Crippen molar-refractivity contribution >= 4 is 11.8 Å². The summed E-state index contributed by atoms with van der Waals surface area (Å²) in [6.45, 7) is 1.39. The van der Waals surface area contributed by atoms with Crippen molar-refractivity contribution in [3.8, 4) is 11.1 Å². The standard InChI is InChI=1S/C29H26F6N6O2/c1-2-37-13-18-14-41(40-27(18)29(33,34)35)15-25(42)39-24(10-16-8-19(30)12-20(31)9-16)26-21(4-3-7-38-26)17-5-6-23(32)22(11-17)28(36)43/h3-9,11-12,14,24,37H,2,10,13,15H2,1H3,(H2,36,43)(H,39,42). The fourth-order valence-electron chi connectivity index (χ4n) is 4.56. The van der Waals surface area contributed by atoms with Crippen LogP contribution >= 0.6 is 0 Å². The van der Waals surface area contributed by atoms with Crippen LogP contribution in [0.4, 0.5) is 26.3 Å². The van der Waals surface area contributed by atoms with Crippen LogP contribution in [-0.2, 0) is 30.5 Å². The van der Waals surface area contributed by atoms with Crippen molar-refractivity contribution < 1.29 is 35.9 Å². The zero-order chi connectivity index (χ0) is 31.3. The molecule has 0 aliphatic carbocycles. The van der Waals surface area contributed by atoms with E-state index in [0.29, 0.717) is 23.7 Å². The number of amides is 2. The average Bonchev–Trinajstić information content (AvgIpc) is 3.34. The van der Waals surface area contributed by atoms with Crippen LogP contribution in [0, 0.1) is 17.5 Å². The SMILES string of the molecule is CCNCc1cn(CC(=O)NC(Cc2cc(F)cc(F)c2)c2ncccc2-c2ccc(F)c(C(N)=O)c2)nc1C(F)(F)F. The molecule has 0 saturated heterocycles. The largest absolute Gasteiger partial charge is 0.435 e. The van der Waals surface area contributed by atoms with E-state index in [2.05, 4.69) is 20.7 Å². The molecule has 4 rings (SSSR count). The molecule has 0 radical (unpaired) electrons. The van der Waals surface area contributed by atoms with Crippen molar-refractivity contribution in [2.75, 3.05) is 6.54 Å². The lowest BCUT2D eigenvalue weighted by molar-refractivity contribution is -0.142. The molecule has 1 unspecified atom stereocenters. The second-order valence-electron chi connectivity index (χ2n) is 9.58. The maximum Gasteiger partial charge on any atom is 0.435 e. The number of benzene rings is 2. The molecular formula is C29H26F6N6O2. The summed E-state index contributed by atoms with van der Waals surface area (Å²) in [6, 6.07) is 8.42. The van der Waals surface area contributed by atoms with Crippen molar-refractivity contribution in [3.63, 3.8) is 0 Å². The van der Waals surface area contributed by atoms with E-state index in [1.807, 2.05) is 0 Å². The number of hydrogen-bond donors (Lipinski definition) is 3. The molecule has 2 amide bonds. The van der Waals surface area contributed by atoms with E-state index >= 15 is 0 Å². The van der Waals surface area contributed by atoms with E-state index in [9.17, 15) is 35.9 Å². The monoisotopic (exact) mass is 604 g/mol. The number of halogens is 6. The first kappa shape index (κ1) is 31.2. The smallest absolute Gasteiger partial charge is 0.366 e. The predicted molar refractivity (Wildman–Crippen MR) is 144 cm³/mol. The second-order valence-corrected chi connectivity index (χ2v) is 9.58. The lowest BCUT2D eigenvalue weighted by Gasteiger charge is -2.22. The summed E-state index contributed by atoms with van der Waals surface area (Å²) in [4.78, 5) is 29.3. The number of primary amides is 1. The number of carbonyl (C=O) groups excluding carboxylic acids is 2. The van der Waals surface area contributed by atoms with Crippen LogP contribution in [0.2, 0.25) is 0 Å². The van der Waals surface area contributed by atoms with E-state index in [4.69, 9.17) is 5.73 Å². The highest BCUT2D eigenvalue weighted by Gasteiger charge is 2.37. The highest BCUT2D eigenvalue weighted by Crippen LogP contribution is 2.32. The van der Waals surface area contributed by atoms with Crippen LogP contribution in [0.1, 0.15) is 45.8 Å². The van der Waals surface area contributed by atoms with E-state index in [1.165, 1.54) is 18.3 Å². The van der Waals surface area contributed by atoms with Crippen LogP contribution in [-0.4, -0.2) is 33.1 Å². The second kappa shape index (κ2) is 13.1. The maximum absolute atomic E-state index is 14.2. The Morgan fingerprint density at radius 1 is 1.05 bits per heavy atom. The van der Waals surface area contributed by atoms with Gasteiger partial charge in [0.1, 0.15) is 24.0 Å². The first-order valence-corrected chi connectivity index (χ1v) is 13.0. The summed E-state index contributed by atoms with van der Waals surface area (Å²) in [7, 11) is 0. The molecule has 2 aromatic heterocycles. The number of rotatable bonds is 11. The summed E-state index contributed by atoms with van der Waals surface area (Å²) >= 11 is 0. The third-order valence-electron chi connectivity index (χ3n) is 6.39. The van der Waals surface area contributed by atoms with Gasteiger partial charge in [-0.2, -0.15) is 18.3 Å². The van der Waals surface area contributed by atoms with Gasteiger partial charge in [0.15, 0.2) is 5.69 Å². The van der Waals surface area contributed by atoms with Crippen LogP contribution in [0.15, 0.2) is 60.9 Å². The Labute approximate surface area is 241 Å². The third kappa shape index (κ3) is 7.77. The lowest BCUT2D eigenvalue weighted by Crippen LogP contribution is -2.34. The summed E-state index contributed by atoms with van der Waals surface area (Å²) < 4.78 is 83.7. The van der Waals surface area contributed by atoms with Crippen molar-refractivity contribution in [1.29, 1.82) is 0 Å². The highest BCUT2D eigenvalue weighted by atomic mass is 19.4. The molecule has 0 bridgehead atoms. The van der Waals surface area contributed by atoms with Crippen LogP contribution in [0.3, 0.4) is 0 Å². The minimum absolute atomic E-state index is 0.122. The molecule has 0 spiro atoms. The summed E-state index contributed by atoms with van der Waals surface area (Å²) in [5.41, 5.74) is 4.56. The molecule has 226 valence electrons. The van der Waals surface area contributed by atoms with E-state index < -0.39 is 59.3 Å². The van der Waals surface area contributed by atoms with Gasteiger partial charge in [0, 0.05) is 36.1 Å². The summed E-state index contributed by atoms with van der Waals surface area (Å²) in [5, 5.41) is 9.02. The Kier molecular flexibility index (Phi) is 9.49. The summed E-state index contributed by atoms with van der Waals surface area (Å²) in [6.07, 6.45) is -2.44. The molecule has 1 atom stereocenters. The number of aromatic nitrogens is 3. The normalized spacial score (nSPS) is 12.3. The third-order valence-corrected chi connectivity index (χ3v) is 6.39. The molecular weight excluding hydrogens is 578 g/mol. The Balaban J connectivity index is 1.71. The number of pyridine rings is 1. The fraction of sp³-hybridized carbons (Fsp3) is 0.241. The van der Waals surface area contributed by atoms with Crippen LogP contribution in [0.5, 0.6) is 0 Å². The van der Waals surface area contributed by atoms with Crippen LogP contribution < -0.4 is 16.4 Å². The lowest BCUT2D eigenvalue weighted by atomic mass is 9.94. The molecule has 8 nitrogen and oxygen atoms in total. The Morgan fingerprint density at radius 2 is 1.77 bits per heavy atom. The number of nitrogens with one attached hydrogen (secondary N) is 2. The Hall–Kier alpha value is -4.72. The molecule has 4 N–H and O–H groups in total. The minimum atomic E-state index is -4.75. The Bertz CT molecular complexity index is 1620. The molecule has 43 heavy (non-hydrogen) atoms. The van der Waals surface area contributed by atoms with Crippen molar-refractivity contribution in [2.24, 2.45) is 5.73 Å². The number of nitrogens with zero attached hydrogens (tertiary/aromatic N) is 3. The van der Waals surface area contributed by atoms with Crippen molar-refractivity contribution in [3.05, 3.63) is 106 Å². The average molecular weight is 605 g/mol. The van der Waals surface area contributed by atoms with Gasteiger partial charge in [0.2, 0.25) is 5.91 Å². The van der Waals surface area contributed by atoms with Crippen LogP contribution in [0.25, 0.3) is 11.1 Å². The molecule has 0 saturated carbocycles. The molecule has 0 fully saturated rings. The van der Waals surface area contributed by atoms with Gasteiger partial charge in [-0.3, -0.25) is 19.3 Å². The quantitative estimate of drug-likeness (QED) is 0.215. The number of nitrogens with two attached hydrogens (primary N) is 1. The summed E-state index contributed by atoms with van der Waals surface area (Å²) in [5.74, 6) is -4.38. The fourth-order valence-corrected chi connectivity index (χ4v) is 4.56. The zero-order valence-electron chi connectivity index (χ0n) is 22.7. The van der Waals surface area contributed by atoms with Gasteiger partial charge in [-0.1, -0.05) is 19.1 Å². The minimum Gasteiger partial charge on any atom is -0.366 e. The van der Waals surface area contributed by atoms with E-state index in [0.717, 1.165) is 29.1 Å². The molecule has 2 heterocycles. The van der Waals surface area contributed by atoms with E-state index in [1.54, 1.807) is 19.1 Å². The van der Waals surface area contributed by atoms with Gasteiger partial charge in [-0.05, 0) is 54.4 Å². The number of hydrogen-bond acceptors (Lipinski definition) is 5. The predicted octanol–water partition coefficient (Wildman–Crippen LogP) is 4.69. The van der Waals surface area contributed by atoms with Gasteiger partial charge in [0.05, 0.1) is 17.3 Å². The molecule has 0 aliphatic heterocycles. The van der Waals surface area contributed by atoms with Gasteiger partial charge in [0.25, 0.3) is 5.91 Å². The molecule has 0 aliphatic rings. The van der Waals surface area contributed by atoms with Gasteiger partial charge >= 0.3 is 6.18 Å². The molecule has 4 aromatic rings. The van der Waals surface area contributed by atoms with Gasteiger partial charge in [-0.25, -0.2) is 13.2 Å². The Morgan fingerprint density at radius 3 is 2.42 bits per heavy atom. The molecule has 14 heteroatoms. The highest BCUT2D eigenvalue weighted by molar-refractivity contribution is 5.94. The number of carbonyl (C=O) groups is 2. The first-order valence-electron chi connectivity index (χ1n) is 13.0. The van der Waals surface area contributed by atoms with E-state index in [-0.39, 0.29) is 29.8 Å². The molecule has 2 aromatic carbocycles. The first-order chi connectivity index (χ1) is 20.3. The maximum atomic E-state index is 14.2. The number of alkyl halides is 3. The van der Waals surface area contributed by atoms with Crippen molar-refractivity contribution in [2.45, 2.75) is 38.7 Å². The van der Waals surface area contributed by atoms with Gasteiger partial charge in [-0.15, -0.1) is 0 Å². The van der Waals surface area contributed by atoms with Gasteiger partial charge < -0.3 is 16.4 Å². The topological polar surface area (TPSA) is 115 Å². The zero-order valence-corrected chi connectivity index (χ0v) is 22.7. The van der Waals surface area contributed by atoms with Crippen molar-refractivity contribution in [1.82, 2.24) is 25.4 Å².